The minimum absolute atomic E-state index is 0.00684. The Hall–Kier alpha value is -2.95. The molecule has 1 aliphatic heterocycles. The maximum Gasteiger partial charge on any atom is 0.240 e. The van der Waals surface area contributed by atoms with Gasteiger partial charge in [-0.1, -0.05) is 18.2 Å². The van der Waals surface area contributed by atoms with Gasteiger partial charge in [0.2, 0.25) is 5.91 Å². The molecule has 0 spiro atoms. The highest BCUT2D eigenvalue weighted by Crippen LogP contribution is 2.33. The molecule has 3 aromatic rings. The molecule has 1 unspecified atom stereocenters. The Kier molecular flexibility index (Phi) is 2.47. The van der Waals surface area contributed by atoms with Gasteiger partial charge in [0.1, 0.15) is 6.33 Å². The second-order valence-corrected chi connectivity index (χ2v) is 6.08. The predicted octanol–water partition coefficient (Wildman–Crippen LogP) is 2.42. The van der Waals surface area contributed by atoms with Gasteiger partial charge in [-0.15, -0.1) is 0 Å². The van der Waals surface area contributed by atoms with Gasteiger partial charge < -0.3 is 0 Å². The average Bonchev–Trinajstić information content (AvgIpc) is 3.14. The van der Waals surface area contributed by atoms with Crippen LogP contribution in [0.2, 0.25) is 0 Å². The minimum atomic E-state index is 0.00684. The van der Waals surface area contributed by atoms with Crippen molar-refractivity contribution in [1.82, 2.24) is 15.0 Å². The summed E-state index contributed by atoms with van der Waals surface area (Å²) in [6.45, 7) is 0. The Bertz CT molecular complexity index is 986. The maximum absolute atomic E-state index is 11.5. The van der Waals surface area contributed by atoms with E-state index in [-0.39, 0.29) is 11.8 Å². The van der Waals surface area contributed by atoms with Gasteiger partial charge in [-0.2, -0.15) is 5.10 Å². The summed E-state index contributed by atoms with van der Waals surface area (Å²) >= 11 is 0. The lowest BCUT2D eigenvalue weighted by atomic mass is 9.99. The molecular weight excluding hydrogens is 288 g/mol. The number of nitrogens with zero attached hydrogens (tertiary/aromatic N) is 3. The predicted molar refractivity (Wildman–Crippen MR) is 87.6 cm³/mol. The number of carbonyl (C=O) groups is 1. The van der Waals surface area contributed by atoms with Gasteiger partial charge in [-0.25, -0.2) is 10.4 Å². The molecule has 0 saturated carbocycles. The van der Waals surface area contributed by atoms with Crippen LogP contribution in [0, 0.1) is 5.92 Å². The van der Waals surface area contributed by atoms with Crippen LogP contribution >= 0.6 is 0 Å². The van der Waals surface area contributed by atoms with Crippen molar-refractivity contribution in [3.8, 4) is 5.69 Å². The molecule has 0 saturated heterocycles. The van der Waals surface area contributed by atoms with Gasteiger partial charge in [-0.3, -0.25) is 9.36 Å². The average molecular weight is 302 g/mol. The first-order valence-corrected chi connectivity index (χ1v) is 7.72. The number of aromatic nitrogens is 2. The van der Waals surface area contributed by atoms with Gasteiger partial charge in [0, 0.05) is 23.6 Å². The van der Waals surface area contributed by atoms with E-state index in [1.54, 1.807) is 0 Å². The van der Waals surface area contributed by atoms with Crippen molar-refractivity contribution in [2.75, 3.05) is 0 Å². The molecule has 2 aliphatic rings. The van der Waals surface area contributed by atoms with E-state index in [0.717, 1.165) is 34.4 Å². The van der Waals surface area contributed by atoms with Crippen LogP contribution in [-0.2, 0) is 11.2 Å². The van der Waals surface area contributed by atoms with Crippen LogP contribution in [0.1, 0.15) is 17.5 Å². The number of carbonyl (C=O) groups excluding carboxylic acids is 1. The third-order valence-electron chi connectivity index (χ3n) is 4.68. The molecule has 5 heteroatoms. The fourth-order valence-electron chi connectivity index (χ4n) is 3.61. The van der Waals surface area contributed by atoms with E-state index in [1.165, 1.54) is 5.56 Å². The third-order valence-corrected chi connectivity index (χ3v) is 4.68. The molecule has 23 heavy (non-hydrogen) atoms. The Morgan fingerprint density at radius 1 is 1.13 bits per heavy atom. The highest BCUT2D eigenvalue weighted by molar-refractivity contribution is 6.09. The standard InChI is InChI=1S/C18H14N4O/c23-17-9-12-7-11-8-13(5-6-14(11)18(12)21-20-17)22-10-19-15-3-1-2-4-16(15)22/h1-6,8,10,12H,7,9H2,(H,20,23). The number of nitrogens with one attached hydrogen (secondary N) is 1. The number of hydrogen-bond donors (Lipinski definition) is 1. The molecule has 1 atom stereocenters. The minimum Gasteiger partial charge on any atom is -0.299 e. The molecule has 1 aromatic heterocycles. The third kappa shape index (κ3) is 1.83. The van der Waals surface area contributed by atoms with Gasteiger partial charge in [0.25, 0.3) is 0 Å². The van der Waals surface area contributed by atoms with E-state index < -0.39 is 0 Å². The second kappa shape index (κ2) is 4.52. The first-order chi connectivity index (χ1) is 11.3. The number of fused-ring (bicyclic) bond motifs is 4. The first kappa shape index (κ1) is 12.6. The molecule has 0 radical (unpaired) electrons. The van der Waals surface area contributed by atoms with Crippen molar-refractivity contribution >= 4 is 22.7 Å². The largest absolute Gasteiger partial charge is 0.299 e. The van der Waals surface area contributed by atoms with Gasteiger partial charge in [0.15, 0.2) is 0 Å². The lowest BCUT2D eigenvalue weighted by molar-refractivity contribution is -0.121. The van der Waals surface area contributed by atoms with Gasteiger partial charge >= 0.3 is 0 Å². The summed E-state index contributed by atoms with van der Waals surface area (Å²) in [6.07, 6.45) is 3.26. The summed E-state index contributed by atoms with van der Waals surface area (Å²) in [7, 11) is 0. The molecule has 1 aliphatic carbocycles. The second-order valence-electron chi connectivity index (χ2n) is 6.08. The smallest absolute Gasteiger partial charge is 0.240 e. The lowest BCUT2D eigenvalue weighted by Gasteiger charge is -2.15. The van der Waals surface area contributed by atoms with Crippen LogP contribution in [0.3, 0.4) is 0 Å². The van der Waals surface area contributed by atoms with Crippen LogP contribution < -0.4 is 5.43 Å². The molecule has 1 amide bonds. The number of imidazole rings is 1. The van der Waals surface area contributed by atoms with Crippen molar-refractivity contribution in [2.45, 2.75) is 12.8 Å². The fourth-order valence-corrected chi connectivity index (χ4v) is 3.61. The van der Waals surface area contributed by atoms with E-state index in [1.807, 2.05) is 24.5 Å². The monoisotopic (exact) mass is 302 g/mol. The number of hydrazone groups is 1. The van der Waals surface area contributed by atoms with Crippen molar-refractivity contribution in [2.24, 2.45) is 11.0 Å². The maximum atomic E-state index is 11.5. The molecule has 2 heterocycles. The SMILES string of the molecule is O=C1CC2Cc3cc(-n4cnc5ccccc54)ccc3C2=NN1. The number of para-hydroxylation sites is 2. The van der Waals surface area contributed by atoms with Crippen LogP contribution in [0.5, 0.6) is 0 Å². The molecule has 5 rings (SSSR count). The summed E-state index contributed by atoms with van der Waals surface area (Å²) in [5.74, 6) is 0.223. The van der Waals surface area contributed by atoms with Crippen LogP contribution in [0.4, 0.5) is 0 Å². The quantitative estimate of drug-likeness (QED) is 0.750. The summed E-state index contributed by atoms with van der Waals surface area (Å²) < 4.78 is 2.10. The fraction of sp³-hybridized carbons (Fsp3) is 0.167. The lowest BCUT2D eigenvalue weighted by Crippen LogP contribution is -2.31. The number of amides is 1. The van der Waals surface area contributed by atoms with Gasteiger partial charge in [-0.05, 0) is 36.2 Å². The summed E-state index contributed by atoms with van der Waals surface area (Å²) in [4.78, 5) is 16.0. The van der Waals surface area contributed by atoms with Crippen molar-refractivity contribution in [3.05, 3.63) is 59.9 Å². The molecule has 0 fully saturated rings. The van der Waals surface area contributed by atoms with Gasteiger partial charge in [0.05, 0.1) is 16.7 Å². The highest BCUT2D eigenvalue weighted by Gasteiger charge is 2.33. The normalized spacial score (nSPS) is 19.2. The van der Waals surface area contributed by atoms with Crippen LogP contribution in [-0.4, -0.2) is 21.2 Å². The molecular formula is C18H14N4O. The summed E-state index contributed by atoms with van der Waals surface area (Å²) in [5.41, 5.74) is 9.19. The molecule has 1 N–H and O–H groups in total. The van der Waals surface area contributed by atoms with E-state index in [9.17, 15) is 4.79 Å². The van der Waals surface area contributed by atoms with Crippen molar-refractivity contribution < 1.29 is 4.79 Å². The Labute approximate surface area is 132 Å². The topological polar surface area (TPSA) is 59.3 Å². The zero-order valence-electron chi connectivity index (χ0n) is 12.4. The first-order valence-electron chi connectivity index (χ1n) is 7.72. The number of rotatable bonds is 1. The zero-order valence-corrected chi connectivity index (χ0v) is 12.4. The number of benzene rings is 2. The Morgan fingerprint density at radius 3 is 3.00 bits per heavy atom. The molecule has 112 valence electrons. The molecule has 5 nitrogen and oxygen atoms in total. The van der Waals surface area contributed by atoms with E-state index in [4.69, 9.17) is 0 Å². The van der Waals surface area contributed by atoms with Crippen molar-refractivity contribution in [3.63, 3.8) is 0 Å². The summed E-state index contributed by atoms with van der Waals surface area (Å²) in [6, 6.07) is 14.5. The van der Waals surface area contributed by atoms with E-state index in [0.29, 0.717) is 6.42 Å². The van der Waals surface area contributed by atoms with Crippen LogP contribution in [0.15, 0.2) is 53.9 Å². The number of hydrogen-bond acceptors (Lipinski definition) is 3. The highest BCUT2D eigenvalue weighted by atomic mass is 16.2. The Morgan fingerprint density at radius 2 is 2.04 bits per heavy atom. The summed E-state index contributed by atoms with van der Waals surface area (Å²) in [5, 5.41) is 4.25. The van der Waals surface area contributed by atoms with Crippen molar-refractivity contribution in [1.29, 1.82) is 0 Å². The van der Waals surface area contributed by atoms with Crippen LogP contribution in [0.25, 0.3) is 16.7 Å². The Balaban J connectivity index is 1.62. The zero-order chi connectivity index (χ0) is 15.4. The van der Waals surface area contributed by atoms with E-state index >= 15 is 0 Å². The molecule has 2 aromatic carbocycles. The van der Waals surface area contributed by atoms with E-state index in [2.05, 4.69) is 44.3 Å². The molecule has 0 bridgehead atoms.